The van der Waals surface area contributed by atoms with E-state index in [0.717, 1.165) is 103 Å². The van der Waals surface area contributed by atoms with Crippen molar-refractivity contribution in [1.29, 1.82) is 0 Å². The zero-order chi connectivity index (χ0) is 51.1. The van der Waals surface area contributed by atoms with E-state index in [1.807, 2.05) is 0 Å². The van der Waals surface area contributed by atoms with Gasteiger partial charge in [0.25, 0.3) is 0 Å². The topological polar surface area (TPSA) is 118 Å². The fourth-order valence-electron chi connectivity index (χ4n) is 7.99. The van der Waals surface area contributed by atoms with Crippen LogP contribution in [0.1, 0.15) is 272 Å². The summed E-state index contributed by atoms with van der Waals surface area (Å²) in [4.78, 5) is 39.1. The minimum atomic E-state index is -1.28. The zero-order valence-corrected chi connectivity index (χ0v) is 46.0. The molecule has 70 heavy (non-hydrogen) atoms. The zero-order valence-electron chi connectivity index (χ0n) is 46.0. The van der Waals surface area contributed by atoms with Crippen molar-refractivity contribution in [1.82, 2.24) is 0 Å². The van der Waals surface area contributed by atoms with E-state index in [4.69, 9.17) is 23.7 Å². The van der Waals surface area contributed by atoms with Crippen LogP contribution >= 0.6 is 0 Å². The lowest BCUT2D eigenvalue weighted by Crippen LogP contribution is -2.42. The third-order valence-corrected chi connectivity index (χ3v) is 12.8. The smallest absolute Gasteiger partial charge is 0.306 e. The highest BCUT2D eigenvalue weighted by molar-refractivity contribution is 5.70. The van der Waals surface area contributed by atoms with Gasteiger partial charge in [-0.25, -0.2) is 0 Å². The van der Waals surface area contributed by atoms with Gasteiger partial charge >= 0.3 is 17.9 Å². The highest BCUT2D eigenvalue weighted by atomic mass is 16.7. The Bertz CT molecular complexity index is 1190. The van der Waals surface area contributed by atoms with Crippen molar-refractivity contribution in [2.45, 2.75) is 278 Å². The molecular formula is C61H110O9. The summed E-state index contributed by atoms with van der Waals surface area (Å²) in [5, 5.41) is 10.7. The Morgan fingerprint density at radius 3 is 1.06 bits per heavy atom. The molecule has 0 saturated heterocycles. The maximum absolute atomic E-state index is 13.2. The fourth-order valence-corrected chi connectivity index (χ4v) is 7.99. The number of allylic oxidation sites excluding steroid dienone is 8. The minimum absolute atomic E-state index is 0.0679. The first-order valence-electron chi connectivity index (χ1n) is 29.3. The maximum Gasteiger partial charge on any atom is 0.306 e. The molecule has 1 N–H and O–H groups in total. The number of carbonyl (C=O) groups excluding carboxylic acids is 3. The predicted molar refractivity (Wildman–Crippen MR) is 293 cm³/mol. The molecule has 0 aromatic rings. The Kier molecular flexibility index (Phi) is 51.9. The lowest BCUT2D eigenvalue weighted by Gasteiger charge is -2.30. The third-order valence-electron chi connectivity index (χ3n) is 12.8. The van der Waals surface area contributed by atoms with Crippen LogP contribution in [-0.2, 0) is 38.1 Å². The van der Waals surface area contributed by atoms with Gasteiger partial charge in [0.1, 0.15) is 19.8 Å². The van der Waals surface area contributed by atoms with Crippen LogP contribution in [0.15, 0.2) is 48.6 Å². The molecule has 408 valence electrons. The maximum atomic E-state index is 13.2. The van der Waals surface area contributed by atoms with E-state index in [1.165, 1.54) is 103 Å². The summed E-state index contributed by atoms with van der Waals surface area (Å²) >= 11 is 0. The molecule has 0 bridgehead atoms. The standard InChI is InChI=1S/C61H110O9/c1-5-9-13-17-21-23-25-27-29-31-33-35-37-39-43-47-57(63)68-54-61(53-62,55-69-58(64)48-44-40-38-36-34-32-30-28-26-24-22-18-14-10-6-2)56-70-59(65)49-50-60(66-51-45-41-19-15-11-7-3)67-52-46-42-20-16-12-8-4/h21-24,27-30,60,62H,5-20,25-26,31-56H2,1-4H3/b23-21-,24-22?,29-27-,30-28-. The number of ether oxygens (including phenoxy) is 5. The number of esters is 3. The lowest BCUT2D eigenvalue weighted by molar-refractivity contribution is -0.169. The SMILES string of the molecule is CCCCCC=CC/C=C\CCCCCCCC(=O)OCC(CO)(COC(=O)CCCCCCC/C=C\C/C=C\CCCCC)COC(=O)CCC(OCCCCCCCC)OCCCCCCCC. The summed E-state index contributed by atoms with van der Waals surface area (Å²) in [6, 6.07) is 0. The van der Waals surface area contributed by atoms with Gasteiger partial charge < -0.3 is 28.8 Å². The van der Waals surface area contributed by atoms with Crippen LogP contribution in [0.3, 0.4) is 0 Å². The van der Waals surface area contributed by atoms with Crippen LogP contribution in [0.5, 0.6) is 0 Å². The number of rotatable bonds is 54. The second kappa shape index (κ2) is 54.0. The van der Waals surface area contributed by atoms with Crippen molar-refractivity contribution in [2.75, 3.05) is 39.6 Å². The van der Waals surface area contributed by atoms with E-state index in [0.29, 0.717) is 32.5 Å². The van der Waals surface area contributed by atoms with Gasteiger partial charge in [-0.05, 0) is 89.9 Å². The van der Waals surface area contributed by atoms with E-state index in [2.05, 4.69) is 76.3 Å². The van der Waals surface area contributed by atoms with Gasteiger partial charge in [-0.3, -0.25) is 14.4 Å². The first kappa shape index (κ1) is 67.2. The summed E-state index contributed by atoms with van der Waals surface area (Å²) in [6.07, 6.45) is 56.5. The number of aliphatic hydroxyl groups is 1. The molecule has 0 aliphatic carbocycles. The second-order valence-corrected chi connectivity index (χ2v) is 19.8. The highest BCUT2D eigenvalue weighted by Gasteiger charge is 2.35. The molecule has 1 atom stereocenters. The second-order valence-electron chi connectivity index (χ2n) is 19.8. The highest BCUT2D eigenvalue weighted by Crippen LogP contribution is 2.22. The molecule has 9 heteroatoms. The number of hydrogen-bond donors (Lipinski definition) is 1. The number of aliphatic hydroxyl groups excluding tert-OH is 1. The van der Waals surface area contributed by atoms with E-state index in [-0.39, 0.29) is 51.0 Å². The molecule has 0 aromatic carbocycles. The quantitative estimate of drug-likeness (QED) is 0.0209. The minimum Gasteiger partial charge on any atom is -0.465 e. The van der Waals surface area contributed by atoms with Crippen molar-refractivity contribution in [3.63, 3.8) is 0 Å². The van der Waals surface area contributed by atoms with Crippen LogP contribution in [-0.4, -0.2) is 68.9 Å². The van der Waals surface area contributed by atoms with E-state index in [1.54, 1.807) is 0 Å². The summed E-state index contributed by atoms with van der Waals surface area (Å²) in [6.45, 7) is 8.87. The van der Waals surface area contributed by atoms with E-state index in [9.17, 15) is 19.5 Å². The van der Waals surface area contributed by atoms with Crippen molar-refractivity contribution in [3.8, 4) is 0 Å². The van der Waals surface area contributed by atoms with Crippen molar-refractivity contribution >= 4 is 17.9 Å². The summed E-state index contributed by atoms with van der Waals surface area (Å²) in [7, 11) is 0. The van der Waals surface area contributed by atoms with Crippen LogP contribution in [0, 0.1) is 5.41 Å². The Hall–Kier alpha value is -2.75. The molecule has 0 aromatic heterocycles. The van der Waals surface area contributed by atoms with Crippen molar-refractivity contribution in [2.24, 2.45) is 5.41 Å². The van der Waals surface area contributed by atoms with Gasteiger partial charge in [0, 0.05) is 32.5 Å². The lowest BCUT2D eigenvalue weighted by atomic mass is 9.92. The Labute approximate surface area is 431 Å². The monoisotopic (exact) mass is 987 g/mol. The molecular weight excluding hydrogens is 877 g/mol. The molecule has 0 amide bonds. The molecule has 0 spiro atoms. The Balaban J connectivity index is 5.12. The first-order chi connectivity index (χ1) is 34.4. The van der Waals surface area contributed by atoms with Crippen LogP contribution in [0.2, 0.25) is 0 Å². The molecule has 0 heterocycles. The summed E-state index contributed by atoms with van der Waals surface area (Å²) < 4.78 is 29.4. The number of hydrogen-bond acceptors (Lipinski definition) is 9. The van der Waals surface area contributed by atoms with Crippen LogP contribution < -0.4 is 0 Å². The molecule has 0 aliphatic rings. The fraction of sp³-hybridized carbons (Fsp3) is 0.820. The van der Waals surface area contributed by atoms with E-state index < -0.39 is 24.3 Å². The molecule has 0 saturated carbocycles. The van der Waals surface area contributed by atoms with Crippen LogP contribution in [0.25, 0.3) is 0 Å². The Morgan fingerprint density at radius 2 is 0.686 bits per heavy atom. The molecule has 0 aliphatic heterocycles. The molecule has 9 nitrogen and oxygen atoms in total. The van der Waals surface area contributed by atoms with Crippen molar-refractivity contribution < 1.29 is 43.2 Å². The predicted octanol–water partition coefficient (Wildman–Crippen LogP) is 17.1. The van der Waals surface area contributed by atoms with Gasteiger partial charge in [0.2, 0.25) is 0 Å². The van der Waals surface area contributed by atoms with Gasteiger partial charge in [-0.15, -0.1) is 0 Å². The molecule has 0 radical (unpaired) electrons. The van der Waals surface area contributed by atoms with E-state index >= 15 is 0 Å². The number of unbranched alkanes of at least 4 members (excludes halogenated alkanes) is 26. The number of carbonyl (C=O) groups is 3. The molecule has 0 fully saturated rings. The first-order valence-corrected chi connectivity index (χ1v) is 29.3. The van der Waals surface area contributed by atoms with Crippen molar-refractivity contribution in [3.05, 3.63) is 48.6 Å². The molecule has 0 rings (SSSR count). The average molecular weight is 988 g/mol. The van der Waals surface area contributed by atoms with Gasteiger partial charge in [0.05, 0.1) is 18.4 Å². The third kappa shape index (κ3) is 47.6. The Morgan fingerprint density at radius 1 is 0.386 bits per heavy atom. The largest absolute Gasteiger partial charge is 0.465 e. The molecule has 1 unspecified atom stereocenters. The normalized spacial score (nSPS) is 12.9. The van der Waals surface area contributed by atoms with Gasteiger partial charge in [0.15, 0.2) is 6.29 Å². The van der Waals surface area contributed by atoms with Gasteiger partial charge in [-0.2, -0.15) is 0 Å². The van der Waals surface area contributed by atoms with Crippen LogP contribution in [0.4, 0.5) is 0 Å². The summed E-state index contributed by atoms with van der Waals surface area (Å²) in [5.41, 5.74) is -1.28. The summed E-state index contributed by atoms with van der Waals surface area (Å²) in [5.74, 6) is -1.22. The van der Waals surface area contributed by atoms with Gasteiger partial charge in [-0.1, -0.05) is 205 Å². The average Bonchev–Trinajstić information content (AvgIpc) is 3.36.